The summed E-state index contributed by atoms with van der Waals surface area (Å²) in [4.78, 5) is 11.3. The van der Waals surface area contributed by atoms with Gasteiger partial charge in [-0.3, -0.25) is 4.68 Å². The SMILES string of the molecule is Cc1nn(C(C)CNS(=O)(=O)c2ccc3oc(=O)ccc3c2)c(C)c1C. The maximum atomic E-state index is 12.6. The molecule has 3 aromatic rings. The molecular weight excluding hydrogens is 354 g/mol. The third kappa shape index (κ3) is 3.42. The molecule has 1 aromatic carbocycles. The van der Waals surface area contributed by atoms with Crippen molar-refractivity contribution < 1.29 is 12.8 Å². The molecule has 0 spiro atoms. The lowest BCUT2D eigenvalue weighted by molar-refractivity contribution is 0.467. The lowest BCUT2D eigenvalue weighted by Crippen LogP contribution is -2.30. The first-order valence-electron chi connectivity index (χ1n) is 8.25. The van der Waals surface area contributed by atoms with Crippen molar-refractivity contribution in [2.45, 2.75) is 38.6 Å². The first-order valence-corrected chi connectivity index (χ1v) is 9.73. The topological polar surface area (TPSA) is 94.2 Å². The number of hydrogen-bond donors (Lipinski definition) is 1. The predicted molar refractivity (Wildman–Crippen MR) is 98.8 cm³/mol. The molecule has 8 heteroatoms. The summed E-state index contributed by atoms with van der Waals surface area (Å²) >= 11 is 0. The molecule has 138 valence electrons. The summed E-state index contributed by atoms with van der Waals surface area (Å²) in [6.45, 7) is 8.03. The van der Waals surface area contributed by atoms with E-state index in [1.54, 1.807) is 6.07 Å². The predicted octanol–water partition coefficient (Wildman–Crippen LogP) is 2.45. The van der Waals surface area contributed by atoms with Crippen molar-refractivity contribution in [2.24, 2.45) is 0 Å². The normalized spacial score (nSPS) is 13.2. The van der Waals surface area contributed by atoms with Crippen LogP contribution in [0.5, 0.6) is 0 Å². The van der Waals surface area contributed by atoms with Gasteiger partial charge in [0.1, 0.15) is 5.58 Å². The molecule has 2 aromatic heterocycles. The smallest absolute Gasteiger partial charge is 0.336 e. The quantitative estimate of drug-likeness (QED) is 0.691. The van der Waals surface area contributed by atoms with E-state index in [0.29, 0.717) is 11.0 Å². The maximum absolute atomic E-state index is 12.6. The number of nitrogens with zero attached hydrogens (tertiary/aromatic N) is 2. The van der Waals surface area contributed by atoms with Crippen LogP contribution in [0.1, 0.15) is 29.9 Å². The second-order valence-electron chi connectivity index (χ2n) is 6.40. The van der Waals surface area contributed by atoms with Crippen molar-refractivity contribution in [3.05, 3.63) is 57.7 Å². The molecule has 2 heterocycles. The van der Waals surface area contributed by atoms with Crippen LogP contribution in [0.2, 0.25) is 0 Å². The summed E-state index contributed by atoms with van der Waals surface area (Å²) in [6, 6.07) is 7.07. The summed E-state index contributed by atoms with van der Waals surface area (Å²) in [5.41, 5.74) is 2.95. The Kier molecular flexibility index (Phi) is 4.72. The first-order chi connectivity index (χ1) is 12.2. The van der Waals surface area contributed by atoms with Gasteiger partial charge in [0.15, 0.2) is 0 Å². The van der Waals surface area contributed by atoms with Gasteiger partial charge in [-0.2, -0.15) is 5.10 Å². The van der Waals surface area contributed by atoms with Gasteiger partial charge in [0.05, 0.1) is 16.6 Å². The highest BCUT2D eigenvalue weighted by Gasteiger charge is 2.19. The zero-order valence-corrected chi connectivity index (χ0v) is 15.9. The Morgan fingerprint density at radius 2 is 1.92 bits per heavy atom. The Labute approximate surface area is 151 Å². The standard InChI is InChI=1S/C18H21N3O4S/c1-11(21-14(4)12(2)13(3)20-21)10-19-26(23,24)16-6-7-17-15(9-16)5-8-18(22)25-17/h5-9,11,19H,10H2,1-4H3. The van der Waals surface area contributed by atoms with Gasteiger partial charge in [-0.25, -0.2) is 17.9 Å². The largest absolute Gasteiger partial charge is 0.423 e. The van der Waals surface area contributed by atoms with E-state index in [1.165, 1.54) is 24.3 Å². The Morgan fingerprint density at radius 1 is 1.19 bits per heavy atom. The number of sulfonamides is 1. The van der Waals surface area contributed by atoms with Crippen LogP contribution in [-0.2, 0) is 10.0 Å². The molecule has 0 amide bonds. The van der Waals surface area contributed by atoms with Crippen LogP contribution in [0.15, 0.2) is 44.4 Å². The van der Waals surface area contributed by atoms with Crippen LogP contribution in [-0.4, -0.2) is 24.7 Å². The number of rotatable bonds is 5. The van der Waals surface area contributed by atoms with E-state index in [0.717, 1.165) is 17.0 Å². The van der Waals surface area contributed by atoms with Gasteiger partial charge in [-0.05, 0) is 57.5 Å². The number of hydrogen-bond acceptors (Lipinski definition) is 5. The summed E-state index contributed by atoms with van der Waals surface area (Å²) in [5, 5.41) is 5.02. The lowest BCUT2D eigenvalue weighted by atomic mass is 10.2. The molecular formula is C18H21N3O4S. The highest BCUT2D eigenvalue weighted by atomic mass is 32.2. The van der Waals surface area contributed by atoms with E-state index in [9.17, 15) is 13.2 Å². The first kappa shape index (κ1) is 18.3. The molecule has 0 saturated heterocycles. The minimum Gasteiger partial charge on any atom is -0.423 e. The highest BCUT2D eigenvalue weighted by molar-refractivity contribution is 7.89. The van der Waals surface area contributed by atoms with Crippen LogP contribution in [0, 0.1) is 20.8 Å². The van der Waals surface area contributed by atoms with Crippen molar-refractivity contribution in [1.29, 1.82) is 0 Å². The van der Waals surface area contributed by atoms with Crippen LogP contribution in [0.25, 0.3) is 11.0 Å². The number of benzene rings is 1. The van der Waals surface area contributed by atoms with Gasteiger partial charge < -0.3 is 4.42 Å². The van der Waals surface area contributed by atoms with Crippen molar-refractivity contribution in [1.82, 2.24) is 14.5 Å². The van der Waals surface area contributed by atoms with E-state index >= 15 is 0 Å². The molecule has 7 nitrogen and oxygen atoms in total. The van der Waals surface area contributed by atoms with E-state index in [1.807, 2.05) is 32.4 Å². The zero-order valence-electron chi connectivity index (χ0n) is 15.1. The van der Waals surface area contributed by atoms with Crippen LogP contribution in [0.3, 0.4) is 0 Å². The molecule has 0 aliphatic heterocycles. The fourth-order valence-corrected chi connectivity index (χ4v) is 3.95. The molecule has 0 fully saturated rings. The third-order valence-electron chi connectivity index (χ3n) is 4.57. The fraction of sp³-hybridized carbons (Fsp3) is 0.333. The second kappa shape index (κ2) is 6.69. The van der Waals surface area contributed by atoms with Crippen LogP contribution < -0.4 is 10.3 Å². The number of fused-ring (bicyclic) bond motifs is 1. The highest BCUT2D eigenvalue weighted by Crippen LogP contribution is 2.19. The molecule has 1 atom stereocenters. The van der Waals surface area contributed by atoms with Gasteiger partial charge in [-0.1, -0.05) is 0 Å². The van der Waals surface area contributed by atoms with Gasteiger partial charge in [0, 0.05) is 23.7 Å². The van der Waals surface area contributed by atoms with Crippen LogP contribution in [0.4, 0.5) is 0 Å². The summed E-state index contributed by atoms with van der Waals surface area (Å²) in [7, 11) is -3.69. The van der Waals surface area contributed by atoms with Gasteiger partial charge in [-0.15, -0.1) is 0 Å². The van der Waals surface area contributed by atoms with Gasteiger partial charge in [0.2, 0.25) is 10.0 Å². The number of nitrogens with one attached hydrogen (secondary N) is 1. The zero-order chi connectivity index (χ0) is 19.1. The van der Waals surface area contributed by atoms with Crippen molar-refractivity contribution in [3.63, 3.8) is 0 Å². The molecule has 1 N–H and O–H groups in total. The van der Waals surface area contributed by atoms with Crippen molar-refractivity contribution in [2.75, 3.05) is 6.54 Å². The molecule has 0 bridgehead atoms. The molecule has 3 rings (SSSR count). The van der Waals surface area contributed by atoms with Gasteiger partial charge in [0.25, 0.3) is 0 Å². The Balaban J connectivity index is 1.81. The average Bonchev–Trinajstić information content (AvgIpc) is 2.86. The summed E-state index contributed by atoms with van der Waals surface area (Å²) < 4.78 is 34.7. The lowest BCUT2D eigenvalue weighted by Gasteiger charge is -2.16. The molecule has 0 aliphatic carbocycles. The Morgan fingerprint density at radius 3 is 2.58 bits per heavy atom. The molecule has 0 aliphatic rings. The van der Waals surface area contributed by atoms with Crippen LogP contribution >= 0.6 is 0 Å². The minimum absolute atomic E-state index is 0.121. The Hall–Kier alpha value is -2.45. The third-order valence-corrected chi connectivity index (χ3v) is 6.00. The fourth-order valence-electron chi connectivity index (χ4n) is 2.79. The van der Waals surface area contributed by atoms with E-state index in [-0.39, 0.29) is 17.5 Å². The second-order valence-corrected chi connectivity index (χ2v) is 8.16. The molecule has 26 heavy (non-hydrogen) atoms. The maximum Gasteiger partial charge on any atom is 0.336 e. The average molecular weight is 375 g/mol. The van der Waals surface area contributed by atoms with E-state index in [2.05, 4.69) is 9.82 Å². The Bertz CT molecular complexity index is 1130. The number of aryl methyl sites for hydroxylation is 1. The van der Waals surface area contributed by atoms with E-state index < -0.39 is 15.6 Å². The molecule has 0 saturated carbocycles. The minimum atomic E-state index is -3.69. The molecule has 0 radical (unpaired) electrons. The molecule has 1 unspecified atom stereocenters. The monoisotopic (exact) mass is 375 g/mol. The summed E-state index contributed by atoms with van der Waals surface area (Å²) in [6.07, 6.45) is 0. The van der Waals surface area contributed by atoms with Gasteiger partial charge >= 0.3 is 5.63 Å². The van der Waals surface area contributed by atoms with E-state index in [4.69, 9.17) is 4.42 Å². The van der Waals surface area contributed by atoms with Crippen molar-refractivity contribution in [3.8, 4) is 0 Å². The summed E-state index contributed by atoms with van der Waals surface area (Å²) in [5.74, 6) is 0. The van der Waals surface area contributed by atoms with Crippen molar-refractivity contribution >= 4 is 21.0 Å². The number of aromatic nitrogens is 2.